The van der Waals surface area contributed by atoms with E-state index < -0.39 is 0 Å². The lowest BCUT2D eigenvalue weighted by molar-refractivity contribution is -0.385. The molecule has 1 aromatic carbocycles. The van der Waals surface area contributed by atoms with E-state index in [1.807, 2.05) is 25.4 Å². The highest BCUT2D eigenvalue weighted by molar-refractivity contribution is 5.39. The molecular weight excluding hydrogens is 242 g/mol. The fraction of sp³-hybridized carbons (Fsp3) is 0.286. The van der Waals surface area contributed by atoms with Crippen LogP contribution in [-0.4, -0.2) is 16.5 Å². The maximum Gasteiger partial charge on any atom is 0.272 e. The van der Waals surface area contributed by atoms with Crippen LogP contribution in [0.4, 0.5) is 5.69 Å². The van der Waals surface area contributed by atoms with Crippen molar-refractivity contribution in [3.63, 3.8) is 0 Å². The number of aryl methyl sites for hydroxylation is 2. The fourth-order valence-electron chi connectivity index (χ4n) is 2.09. The zero-order chi connectivity index (χ0) is 13.7. The highest BCUT2D eigenvalue weighted by Gasteiger charge is 2.11. The predicted octanol–water partition coefficient (Wildman–Crippen LogP) is 2.36. The molecule has 19 heavy (non-hydrogen) atoms. The Bertz CT molecular complexity index is 563. The Hall–Kier alpha value is -2.14. The summed E-state index contributed by atoms with van der Waals surface area (Å²) < 4.78 is 2.06. The molecule has 0 spiro atoms. The van der Waals surface area contributed by atoms with Crippen molar-refractivity contribution in [2.75, 3.05) is 7.05 Å². The summed E-state index contributed by atoms with van der Waals surface area (Å²) in [5, 5.41) is 14.0. The van der Waals surface area contributed by atoms with E-state index >= 15 is 0 Å². The average Bonchev–Trinajstić information content (AvgIpc) is 2.85. The van der Waals surface area contributed by atoms with Gasteiger partial charge in [0.05, 0.1) is 4.92 Å². The van der Waals surface area contributed by atoms with E-state index in [0.29, 0.717) is 6.42 Å². The van der Waals surface area contributed by atoms with Gasteiger partial charge in [-0.25, -0.2) is 0 Å². The molecule has 0 amide bonds. The molecule has 0 bridgehead atoms. The lowest BCUT2D eigenvalue weighted by Crippen LogP contribution is -2.04. The largest absolute Gasteiger partial charge is 0.354 e. The third kappa shape index (κ3) is 3.42. The van der Waals surface area contributed by atoms with Crippen molar-refractivity contribution in [1.82, 2.24) is 9.88 Å². The van der Waals surface area contributed by atoms with Crippen LogP contribution < -0.4 is 5.32 Å². The fourth-order valence-corrected chi connectivity index (χ4v) is 2.09. The van der Waals surface area contributed by atoms with Crippen molar-refractivity contribution in [3.8, 4) is 0 Å². The molecule has 0 unspecified atom stereocenters. The second-order valence-corrected chi connectivity index (χ2v) is 4.42. The van der Waals surface area contributed by atoms with Crippen molar-refractivity contribution in [2.24, 2.45) is 0 Å². The van der Waals surface area contributed by atoms with Crippen molar-refractivity contribution in [1.29, 1.82) is 0 Å². The van der Waals surface area contributed by atoms with Crippen LogP contribution in [0, 0.1) is 10.1 Å². The van der Waals surface area contributed by atoms with Crippen LogP contribution in [0.2, 0.25) is 0 Å². The minimum absolute atomic E-state index is 0.199. The van der Waals surface area contributed by atoms with Gasteiger partial charge in [0.15, 0.2) is 0 Å². The second kappa shape index (κ2) is 6.15. The van der Waals surface area contributed by atoms with Crippen LogP contribution in [0.3, 0.4) is 0 Å². The van der Waals surface area contributed by atoms with Gasteiger partial charge in [-0.3, -0.25) is 10.1 Å². The number of para-hydroxylation sites is 1. The number of nitro benzene ring substituents is 1. The molecule has 100 valence electrons. The van der Waals surface area contributed by atoms with Crippen molar-refractivity contribution >= 4 is 5.69 Å². The quantitative estimate of drug-likeness (QED) is 0.640. The van der Waals surface area contributed by atoms with Gasteiger partial charge in [-0.2, -0.15) is 0 Å². The smallest absolute Gasteiger partial charge is 0.272 e. The van der Waals surface area contributed by atoms with E-state index in [1.165, 1.54) is 5.56 Å². The van der Waals surface area contributed by atoms with Crippen molar-refractivity contribution in [2.45, 2.75) is 19.5 Å². The highest BCUT2D eigenvalue weighted by atomic mass is 16.6. The zero-order valence-electron chi connectivity index (χ0n) is 10.9. The molecule has 0 aliphatic heterocycles. The predicted molar refractivity (Wildman–Crippen MR) is 74.0 cm³/mol. The summed E-state index contributed by atoms with van der Waals surface area (Å²) in [7, 11) is 1.91. The molecule has 1 aromatic heterocycles. The molecule has 2 rings (SSSR count). The maximum absolute atomic E-state index is 10.9. The number of nitrogens with zero attached hydrogens (tertiary/aromatic N) is 2. The third-order valence-corrected chi connectivity index (χ3v) is 3.02. The molecule has 0 atom stereocenters. The van der Waals surface area contributed by atoms with Gasteiger partial charge >= 0.3 is 0 Å². The molecule has 1 heterocycles. The molecule has 0 saturated heterocycles. The van der Waals surface area contributed by atoms with Crippen molar-refractivity contribution in [3.05, 3.63) is 64.0 Å². The molecule has 0 fully saturated rings. The first-order valence-electron chi connectivity index (χ1n) is 6.22. The SMILES string of the molecule is CNCc1ccn(CCc2ccccc2[N+](=O)[O-])c1. The molecule has 0 radical (unpaired) electrons. The lowest BCUT2D eigenvalue weighted by atomic mass is 10.1. The Labute approximate surface area is 112 Å². The molecule has 0 aliphatic carbocycles. The standard InChI is InChI=1S/C14H17N3O2/c1-15-10-12-6-8-16(11-12)9-7-13-4-2-3-5-14(13)17(18)19/h2-6,8,11,15H,7,9-10H2,1H3. The number of benzene rings is 1. The summed E-state index contributed by atoms with van der Waals surface area (Å²) in [6.45, 7) is 1.58. The molecular formula is C14H17N3O2. The van der Waals surface area contributed by atoms with E-state index in [-0.39, 0.29) is 10.6 Å². The van der Waals surface area contributed by atoms with E-state index in [9.17, 15) is 10.1 Å². The average molecular weight is 259 g/mol. The number of hydrogen-bond acceptors (Lipinski definition) is 3. The number of aromatic nitrogens is 1. The molecule has 0 saturated carbocycles. The van der Waals surface area contributed by atoms with Crippen LogP contribution in [0.1, 0.15) is 11.1 Å². The Morgan fingerprint density at radius 1 is 1.32 bits per heavy atom. The summed E-state index contributed by atoms with van der Waals surface area (Å²) in [5.41, 5.74) is 2.19. The molecule has 5 nitrogen and oxygen atoms in total. The minimum atomic E-state index is -0.322. The van der Waals surface area contributed by atoms with E-state index in [4.69, 9.17) is 0 Å². The number of nitro groups is 1. The van der Waals surface area contributed by atoms with Gasteiger partial charge in [-0.05, 0) is 25.1 Å². The summed E-state index contributed by atoms with van der Waals surface area (Å²) >= 11 is 0. The van der Waals surface area contributed by atoms with Gasteiger partial charge in [0.2, 0.25) is 0 Å². The zero-order valence-corrected chi connectivity index (χ0v) is 10.9. The summed E-state index contributed by atoms with van der Waals surface area (Å²) in [4.78, 5) is 10.6. The summed E-state index contributed by atoms with van der Waals surface area (Å²) in [6.07, 6.45) is 4.72. The van der Waals surface area contributed by atoms with Crippen LogP contribution in [0.15, 0.2) is 42.7 Å². The Morgan fingerprint density at radius 3 is 2.84 bits per heavy atom. The third-order valence-electron chi connectivity index (χ3n) is 3.02. The number of hydrogen-bond donors (Lipinski definition) is 1. The maximum atomic E-state index is 10.9. The van der Waals surface area contributed by atoms with E-state index in [0.717, 1.165) is 18.7 Å². The van der Waals surface area contributed by atoms with Crippen LogP contribution in [0.25, 0.3) is 0 Å². The summed E-state index contributed by atoms with van der Waals surface area (Å²) in [6, 6.07) is 8.95. The Kier molecular flexibility index (Phi) is 4.30. The molecule has 2 aromatic rings. The lowest BCUT2D eigenvalue weighted by Gasteiger charge is -2.04. The van der Waals surface area contributed by atoms with E-state index in [2.05, 4.69) is 22.1 Å². The molecule has 5 heteroatoms. The Balaban J connectivity index is 2.03. The normalized spacial score (nSPS) is 10.6. The van der Waals surface area contributed by atoms with Gasteiger partial charge in [-0.15, -0.1) is 0 Å². The monoisotopic (exact) mass is 259 g/mol. The number of rotatable bonds is 6. The van der Waals surface area contributed by atoms with Gasteiger partial charge < -0.3 is 9.88 Å². The molecule has 1 N–H and O–H groups in total. The minimum Gasteiger partial charge on any atom is -0.354 e. The van der Waals surface area contributed by atoms with Gasteiger partial charge in [0, 0.05) is 37.1 Å². The van der Waals surface area contributed by atoms with Gasteiger partial charge in [0.1, 0.15) is 0 Å². The first kappa shape index (κ1) is 13.3. The first-order chi connectivity index (χ1) is 9.20. The highest BCUT2D eigenvalue weighted by Crippen LogP contribution is 2.18. The Morgan fingerprint density at radius 2 is 2.11 bits per heavy atom. The molecule has 0 aliphatic rings. The van der Waals surface area contributed by atoms with Gasteiger partial charge in [0.25, 0.3) is 5.69 Å². The van der Waals surface area contributed by atoms with Gasteiger partial charge in [-0.1, -0.05) is 18.2 Å². The second-order valence-electron chi connectivity index (χ2n) is 4.42. The van der Waals surface area contributed by atoms with Crippen LogP contribution in [0.5, 0.6) is 0 Å². The summed E-state index contributed by atoms with van der Waals surface area (Å²) in [5.74, 6) is 0. The topological polar surface area (TPSA) is 60.1 Å². The number of nitrogens with one attached hydrogen (secondary N) is 1. The van der Waals surface area contributed by atoms with Crippen LogP contribution in [-0.2, 0) is 19.5 Å². The van der Waals surface area contributed by atoms with Crippen LogP contribution >= 0.6 is 0 Å². The van der Waals surface area contributed by atoms with E-state index in [1.54, 1.807) is 12.1 Å². The first-order valence-corrected chi connectivity index (χ1v) is 6.22. The van der Waals surface area contributed by atoms with Crippen molar-refractivity contribution < 1.29 is 4.92 Å².